The van der Waals surface area contributed by atoms with Gasteiger partial charge in [-0.15, -0.1) is 0 Å². The van der Waals surface area contributed by atoms with E-state index < -0.39 is 0 Å². The van der Waals surface area contributed by atoms with Crippen molar-refractivity contribution in [2.75, 3.05) is 23.8 Å². The highest BCUT2D eigenvalue weighted by Crippen LogP contribution is 2.27. The van der Waals surface area contributed by atoms with Gasteiger partial charge in [0.15, 0.2) is 0 Å². The van der Waals surface area contributed by atoms with Crippen molar-refractivity contribution in [3.63, 3.8) is 0 Å². The average molecular weight is 263 g/mol. The van der Waals surface area contributed by atoms with E-state index in [1.165, 1.54) is 6.42 Å². The van der Waals surface area contributed by atoms with Crippen LogP contribution in [0.3, 0.4) is 0 Å². The quantitative estimate of drug-likeness (QED) is 0.857. The van der Waals surface area contributed by atoms with Crippen LogP contribution in [0.1, 0.15) is 39.0 Å². The molecule has 0 bridgehead atoms. The zero-order valence-electron chi connectivity index (χ0n) is 12.0. The molecular weight excluding hydrogens is 238 g/mol. The lowest BCUT2D eigenvalue weighted by molar-refractivity contribution is 0.106. The maximum Gasteiger partial charge on any atom is 0.0743 e. The van der Waals surface area contributed by atoms with Gasteiger partial charge in [0.25, 0.3) is 0 Å². The normalized spacial score (nSPS) is 23.1. The summed E-state index contributed by atoms with van der Waals surface area (Å²) >= 11 is 0. The molecule has 1 saturated carbocycles. The molecule has 2 rings (SSSR count). The van der Waals surface area contributed by atoms with E-state index in [2.05, 4.69) is 35.2 Å². The molecule has 0 aromatic carbocycles. The molecule has 2 unspecified atom stereocenters. The standard InChI is InChI=1S/C15H25N3O/c1-3-8-17-12-9-13(11-16-10-12)18(2)14-6-4-5-7-15(14)19/h9-11,14-15,17,19H,3-8H2,1-2H3. The van der Waals surface area contributed by atoms with Crippen molar-refractivity contribution in [2.45, 2.75) is 51.2 Å². The highest BCUT2D eigenvalue weighted by Gasteiger charge is 2.26. The second kappa shape index (κ2) is 6.75. The number of aromatic nitrogens is 1. The van der Waals surface area contributed by atoms with Crippen LogP contribution >= 0.6 is 0 Å². The summed E-state index contributed by atoms with van der Waals surface area (Å²) in [5.74, 6) is 0. The number of likely N-dealkylation sites (N-methyl/N-ethyl adjacent to an activating group) is 1. The van der Waals surface area contributed by atoms with Crippen molar-refractivity contribution in [3.05, 3.63) is 18.5 Å². The first-order chi connectivity index (χ1) is 9.22. The van der Waals surface area contributed by atoms with Gasteiger partial charge < -0.3 is 15.3 Å². The molecule has 4 nitrogen and oxygen atoms in total. The number of anilines is 2. The van der Waals surface area contributed by atoms with Crippen LogP contribution in [0.25, 0.3) is 0 Å². The van der Waals surface area contributed by atoms with Crippen molar-refractivity contribution < 1.29 is 5.11 Å². The van der Waals surface area contributed by atoms with Crippen LogP contribution in [0.4, 0.5) is 11.4 Å². The van der Waals surface area contributed by atoms with Crippen LogP contribution in [-0.2, 0) is 0 Å². The summed E-state index contributed by atoms with van der Waals surface area (Å²) in [7, 11) is 2.06. The molecule has 106 valence electrons. The van der Waals surface area contributed by atoms with Crippen LogP contribution in [0.2, 0.25) is 0 Å². The predicted molar refractivity (Wildman–Crippen MR) is 79.7 cm³/mol. The Morgan fingerprint density at radius 3 is 2.89 bits per heavy atom. The number of hydrogen-bond donors (Lipinski definition) is 2. The molecule has 0 saturated heterocycles. The first kappa shape index (κ1) is 14.1. The molecule has 1 aromatic rings. The minimum absolute atomic E-state index is 0.217. The monoisotopic (exact) mass is 263 g/mol. The number of nitrogens with zero attached hydrogens (tertiary/aromatic N) is 2. The van der Waals surface area contributed by atoms with Gasteiger partial charge in [0.1, 0.15) is 0 Å². The summed E-state index contributed by atoms with van der Waals surface area (Å²) in [6.07, 6.45) is 8.92. The molecular formula is C15H25N3O. The molecule has 2 atom stereocenters. The first-order valence-corrected chi connectivity index (χ1v) is 7.32. The van der Waals surface area contributed by atoms with Crippen molar-refractivity contribution in [3.8, 4) is 0 Å². The Labute approximate surface area is 115 Å². The van der Waals surface area contributed by atoms with E-state index in [-0.39, 0.29) is 12.1 Å². The van der Waals surface area contributed by atoms with Crippen LogP contribution in [0.15, 0.2) is 18.5 Å². The molecule has 19 heavy (non-hydrogen) atoms. The molecule has 0 spiro atoms. The molecule has 1 aliphatic carbocycles. The van der Waals surface area contributed by atoms with Crippen molar-refractivity contribution in [2.24, 2.45) is 0 Å². The Balaban J connectivity index is 2.07. The average Bonchev–Trinajstić information content (AvgIpc) is 2.45. The van der Waals surface area contributed by atoms with E-state index in [4.69, 9.17) is 0 Å². The Morgan fingerprint density at radius 1 is 1.37 bits per heavy atom. The fourth-order valence-corrected chi connectivity index (χ4v) is 2.72. The Bertz CT molecular complexity index is 397. The van der Waals surface area contributed by atoms with Crippen molar-refractivity contribution >= 4 is 11.4 Å². The van der Waals surface area contributed by atoms with E-state index in [9.17, 15) is 5.11 Å². The maximum absolute atomic E-state index is 10.1. The fourth-order valence-electron chi connectivity index (χ4n) is 2.72. The smallest absolute Gasteiger partial charge is 0.0743 e. The van der Waals surface area contributed by atoms with Crippen LogP contribution in [-0.4, -0.2) is 35.8 Å². The van der Waals surface area contributed by atoms with Gasteiger partial charge in [-0.3, -0.25) is 4.98 Å². The molecule has 0 amide bonds. The van der Waals surface area contributed by atoms with E-state index in [1.54, 1.807) is 0 Å². The number of aliphatic hydroxyl groups excluding tert-OH is 1. The zero-order valence-corrected chi connectivity index (χ0v) is 12.0. The van der Waals surface area contributed by atoms with Crippen molar-refractivity contribution in [1.29, 1.82) is 0 Å². The van der Waals surface area contributed by atoms with E-state index in [0.29, 0.717) is 0 Å². The molecule has 0 aliphatic heterocycles. The number of aliphatic hydroxyl groups is 1. The fraction of sp³-hybridized carbons (Fsp3) is 0.667. The van der Waals surface area contributed by atoms with E-state index in [0.717, 1.165) is 43.6 Å². The zero-order chi connectivity index (χ0) is 13.7. The molecule has 2 N–H and O–H groups in total. The molecule has 4 heteroatoms. The van der Waals surface area contributed by atoms with Crippen molar-refractivity contribution in [1.82, 2.24) is 4.98 Å². The van der Waals surface area contributed by atoms with Crippen LogP contribution < -0.4 is 10.2 Å². The SMILES string of the molecule is CCCNc1cncc(N(C)C2CCCCC2O)c1. The van der Waals surface area contributed by atoms with Gasteiger partial charge in [0, 0.05) is 13.6 Å². The lowest BCUT2D eigenvalue weighted by Crippen LogP contribution is -2.43. The van der Waals surface area contributed by atoms with Gasteiger partial charge in [-0.1, -0.05) is 19.8 Å². The molecule has 1 aliphatic rings. The lowest BCUT2D eigenvalue weighted by atomic mass is 9.91. The largest absolute Gasteiger partial charge is 0.391 e. The van der Waals surface area contributed by atoms with E-state index >= 15 is 0 Å². The molecule has 0 radical (unpaired) electrons. The van der Waals surface area contributed by atoms with Crippen LogP contribution in [0, 0.1) is 0 Å². The minimum atomic E-state index is -0.217. The van der Waals surface area contributed by atoms with Gasteiger partial charge in [0.2, 0.25) is 0 Å². The number of hydrogen-bond acceptors (Lipinski definition) is 4. The lowest BCUT2D eigenvalue weighted by Gasteiger charge is -2.36. The summed E-state index contributed by atoms with van der Waals surface area (Å²) < 4.78 is 0. The van der Waals surface area contributed by atoms with Crippen LogP contribution in [0.5, 0.6) is 0 Å². The summed E-state index contributed by atoms with van der Waals surface area (Å²) in [6, 6.07) is 2.33. The Hall–Kier alpha value is -1.29. The second-order valence-corrected chi connectivity index (χ2v) is 5.39. The summed E-state index contributed by atoms with van der Waals surface area (Å²) in [5, 5.41) is 13.5. The summed E-state index contributed by atoms with van der Waals surface area (Å²) in [4.78, 5) is 6.47. The first-order valence-electron chi connectivity index (χ1n) is 7.32. The van der Waals surface area contributed by atoms with E-state index in [1.807, 2.05) is 12.4 Å². The third-order valence-corrected chi connectivity index (χ3v) is 3.90. The number of nitrogens with one attached hydrogen (secondary N) is 1. The minimum Gasteiger partial charge on any atom is -0.391 e. The molecule has 1 aromatic heterocycles. The van der Waals surface area contributed by atoms with Gasteiger partial charge in [-0.05, 0) is 25.3 Å². The topological polar surface area (TPSA) is 48.4 Å². The Morgan fingerprint density at radius 2 is 2.16 bits per heavy atom. The maximum atomic E-state index is 10.1. The Kier molecular flexibility index (Phi) is 5.02. The van der Waals surface area contributed by atoms with Gasteiger partial charge in [-0.25, -0.2) is 0 Å². The molecule has 1 heterocycles. The summed E-state index contributed by atoms with van der Waals surface area (Å²) in [6.45, 7) is 3.11. The van der Waals surface area contributed by atoms with Gasteiger partial charge in [-0.2, -0.15) is 0 Å². The third kappa shape index (κ3) is 3.60. The van der Waals surface area contributed by atoms with Gasteiger partial charge in [0.05, 0.1) is 35.9 Å². The highest BCUT2D eigenvalue weighted by molar-refractivity contribution is 5.55. The number of pyridine rings is 1. The second-order valence-electron chi connectivity index (χ2n) is 5.39. The highest BCUT2D eigenvalue weighted by atomic mass is 16.3. The summed E-state index contributed by atoms with van der Waals surface area (Å²) in [5.41, 5.74) is 2.13. The number of rotatable bonds is 5. The molecule has 1 fully saturated rings. The third-order valence-electron chi connectivity index (χ3n) is 3.90. The van der Waals surface area contributed by atoms with Gasteiger partial charge >= 0.3 is 0 Å². The predicted octanol–water partition coefficient (Wildman–Crippen LogP) is 2.64.